The molecule has 7 heteroatoms. The summed E-state index contributed by atoms with van der Waals surface area (Å²) in [4.78, 5) is 25.7. The van der Waals surface area contributed by atoms with Crippen LogP contribution in [0, 0.1) is 23.5 Å². The molecular formula is C25H34N2O5. The van der Waals surface area contributed by atoms with Gasteiger partial charge in [0.2, 0.25) is 11.8 Å². The van der Waals surface area contributed by atoms with Crippen molar-refractivity contribution in [2.75, 3.05) is 5.32 Å². The van der Waals surface area contributed by atoms with Gasteiger partial charge in [-0.15, -0.1) is 0 Å². The number of aliphatic hydroxyl groups excluding tert-OH is 1. The largest absolute Gasteiger partial charge is 0.387 e. The number of rotatable bonds is 4. The Hall–Kier alpha value is -2.40. The zero-order valence-corrected chi connectivity index (χ0v) is 19.7. The summed E-state index contributed by atoms with van der Waals surface area (Å²) >= 11 is 0. The number of aryl methyl sites for hydroxylation is 1. The fourth-order valence-corrected chi connectivity index (χ4v) is 3.91. The van der Waals surface area contributed by atoms with Crippen LogP contribution < -0.4 is 10.6 Å². The van der Waals surface area contributed by atoms with Gasteiger partial charge in [0, 0.05) is 0 Å². The number of ether oxygens (including phenoxy) is 2. The van der Waals surface area contributed by atoms with Crippen LogP contribution in [0.2, 0.25) is 0 Å². The van der Waals surface area contributed by atoms with E-state index in [9.17, 15) is 14.7 Å². The van der Waals surface area contributed by atoms with E-state index in [2.05, 4.69) is 43.5 Å². The van der Waals surface area contributed by atoms with E-state index in [4.69, 9.17) is 9.47 Å². The molecule has 0 saturated carbocycles. The molecule has 1 aromatic carbocycles. The van der Waals surface area contributed by atoms with E-state index >= 15 is 0 Å². The molecule has 2 aliphatic rings. The number of amides is 2. The summed E-state index contributed by atoms with van der Waals surface area (Å²) in [5, 5.41) is 16.6. The molecule has 0 spiro atoms. The lowest BCUT2D eigenvalue weighted by Gasteiger charge is -2.45. The normalized spacial score (nSPS) is 28.8. The summed E-state index contributed by atoms with van der Waals surface area (Å²) in [6.07, 6.45) is 2.47. The lowest BCUT2D eigenvalue weighted by Crippen LogP contribution is -2.58. The maximum Gasteiger partial charge on any atom is 0.247 e. The minimum atomic E-state index is -1.03. The first kappa shape index (κ1) is 24.2. The molecule has 32 heavy (non-hydrogen) atoms. The quantitative estimate of drug-likeness (QED) is 0.623. The summed E-state index contributed by atoms with van der Waals surface area (Å²) in [7, 11) is 0. The van der Waals surface area contributed by atoms with Crippen LogP contribution in [0.15, 0.2) is 24.3 Å². The van der Waals surface area contributed by atoms with Gasteiger partial charge in [-0.25, -0.2) is 0 Å². The van der Waals surface area contributed by atoms with Crippen LogP contribution in [-0.2, 0) is 25.5 Å². The Morgan fingerprint density at radius 3 is 2.78 bits per heavy atom. The number of hydrogen-bond donors (Lipinski definition) is 3. The van der Waals surface area contributed by atoms with E-state index in [0.29, 0.717) is 18.5 Å². The number of fused-ring (bicyclic) bond motifs is 1. The molecule has 2 amide bonds. The molecule has 0 bridgehead atoms. The molecular weight excluding hydrogens is 408 g/mol. The first-order valence-corrected chi connectivity index (χ1v) is 11.1. The van der Waals surface area contributed by atoms with E-state index in [-0.39, 0.29) is 17.2 Å². The zero-order valence-electron chi connectivity index (χ0n) is 19.7. The minimum Gasteiger partial charge on any atom is -0.387 e. The number of hydrogen-bond acceptors (Lipinski definition) is 5. The summed E-state index contributed by atoms with van der Waals surface area (Å²) in [5.41, 5.74) is 1.48. The molecule has 2 aliphatic heterocycles. The Morgan fingerprint density at radius 2 is 2.09 bits per heavy atom. The summed E-state index contributed by atoms with van der Waals surface area (Å²) in [5.74, 6) is -2.32. The third-order valence-corrected chi connectivity index (χ3v) is 5.67. The molecule has 1 unspecified atom stereocenters. The first-order chi connectivity index (χ1) is 14.9. The second kappa shape index (κ2) is 9.22. The van der Waals surface area contributed by atoms with Gasteiger partial charge >= 0.3 is 0 Å². The molecule has 3 N–H and O–H groups in total. The lowest BCUT2D eigenvalue weighted by atomic mass is 9.90. The molecule has 0 aromatic heterocycles. The van der Waals surface area contributed by atoms with Crippen molar-refractivity contribution in [1.82, 2.24) is 5.32 Å². The number of carbonyl (C=O) groups is 2. The monoisotopic (exact) mass is 442 g/mol. The minimum absolute atomic E-state index is 0.0797. The van der Waals surface area contributed by atoms with Gasteiger partial charge in [0.25, 0.3) is 0 Å². The second-order valence-corrected chi connectivity index (χ2v) is 10.2. The van der Waals surface area contributed by atoms with Gasteiger partial charge in [0.1, 0.15) is 24.4 Å². The van der Waals surface area contributed by atoms with Crippen LogP contribution in [0.4, 0.5) is 5.69 Å². The maximum absolute atomic E-state index is 13.1. The zero-order chi connectivity index (χ0) is 23.7. The average molecular weight is 443 g/mol. The third kappa shape index (κ3) is 5.89. The fraction of sp³-hybridized carbons (Fsp3) is 0.600. The summed E-state index contributed by atoms with van der Waals surface area (Å²) < 4.78 is 11.8. The smallest absolute Gasteiger partial charge is 0.247 e. The highest BCUT2D eigenvalue weighted by molar-refractivity contribution is 5.98. The van der Waals surface area contributed by atoms with Crippen molar-refractivity contribution >= 4 is 17.5 Å². The van der Waals surface area contributed by atoms with Gasteiger partial charge in [0.15, 0.2) is 5.79 Å². The van der Waals surface area contributed by atoms with Crippen molar-refractivity contribution < 1.29 is 24.2 Å². The van der Waals surface area contributed by atoms with E-state index in [1.165, 1.54) is 0 Å². The van der Waals surface area contributed by atoms with Crippen molar-refractivity contribution in [3.05, 3.63) is 42.0 Å². The number of allylic oxidation sites excluding steroid dienone is 1. The Morgan fingerprint density at radius 1 is 1.38 bits per heavy atom. The van der Waals surface area contributed by atoms with Crippen molar-refractivity contribution in [2.24, 2.45) is 11.3 Å². The molecule has 174 valence electrons. The number of nitrogens with one attached hydrogen (secondary N) is 2. The Bertz CT molecular complexity index is 873. The van der Waals surface area contributed by atoms with E-state index in [1.54, 1.807) is 26.8 Å². The van der Waals surface area contributed by atoms with Crippen molar-refractivity contribution in [2.45, 2.75) is 84.5 Å². The Balaban J connectivity index is 1.70. The third-order valence-electron chi connectivity index (χ3n) is 5.67. The topological polar surface area (TPSA) is 96.9 Å². The highest BCUT2D eigenvalue weighted by Gasteiger charge is 2.46. The number of anilines is 1. The molecule has 1 saturated heterocycles. The van der Waals surface area contributed by atoms with Crippen molar-refractivity contribution in [3.63, 3.8) is 0 Å². The highest BCUT2D eigenvalue weighted by atomic mass is 16.7. The predicted molar refractivity (Wildman–Crippen MR) is 121 cm³/mol. The summed E-state index contributed by atoms with van der Waals surface area (Å²) in [6.45, 7) is 11.4. The van der Waals surface area contributed by atoms with Gasteiger partial charge in [-0.3, -0.25) is 9.59 Å². The predicted octanol–water partition coefficient (Wildman–Crippen LogP) is 2.78. The SMILES string of the molecule is C[C@@H](C(=O)NC1CCc2ccc#cc2NC1=O)[C@@H]1OC(C)(C)O[C@H](/C=C/C(C)(C)C)[C@@H]1O. The van der Waals surface area contributed by atoms with Crippen LogP contribution in [0.25, 0.3) is 0 Å². The number of carbonyl (C=O) groups excluding carboxylic acids is 2. The molecule has 7 nitrogen and oxygen atoms in total. The van der Waals surface area contributed by atoms with E-state index < -0.39 is 36.1 Å². The van der Waals surface area contributed by atoms with Gasteiger partial charge in [-0.05, 0) is 55.9 Å². The van der Waals surface area contributed by atoms with Crippen molar-refractivity contribution in [3.8, 4) is 0 Å². The molecule has 2 heterocycles. The van der Waals surface area contributed by atoms with Crippen molar-refractivity contribution in [1.29, 1.82) is 0 Å². The van der Waals surface area contributed by atoms with E-state index in [0.717, 1.165) is 5.56 Å². The van der Waals surface area contributed by atoms with Crippen LogP contribution >= 0.6 is 0 Å². The van der Waals surface area contributed by atoms with Crippen LogP contribution in [0.1, 0.15) is 53.5 Å². The maximum atomic E-state index is 13.1. The van der Waals surface area contributed by atoms with E-state index in [1.807, 2.05) is 18.2 Å². The molecule has 5 atom stereocenters. The Kier molecular flexibility index (Phi) is 6.99. The van der Waals surface area contributed by atoms with Crippen LogP contribution in [-0.4, -0.2) is 47.1 Å². The van der Waals surface area contributed by atoms with Gasteiger partial charge in [-0.2, -0.15) is 0 Å². The molecule has 1 aromatic rings. The second-order valence-electron chi connectivity index (χ2n) is 10.2. The molecule has 0 radical (unpaired) electrons. The van der Waals surface area contributed by atoms with Crippen LogP contribution in [0.3, 0.4) is 0 Å². The average Bonchev–Trinajstić information content (AvgIpc) is 2.85. The molecule has 0 aliphatic carbocycles. The standard InChI is InChI=1S/C25H34N2O5/c1-15(21-20(28)19(13-14-24(2,3)4)31-25(5,6)32-21)22(29)27-18-12-11-16-9-7-8-10-17(16)26-23(18)30/h7,9,13-15,18-21,28H,11-12H2,1-6H3,(H,26,30)(H,27,29)/b14-13+/t15-,18?,19-,20+,21+/m1/s1. The number of aliphatic hydroxyl groups is 1. The fourth-order valence-electron chi connectivity index (χ4n) is 3.91. The highest BCUT2D eigenvalue weighted by Crippen LogP contribution is 2.32. The molecule has 3 rings (SSSR count). The first-order valence-electron chi connectivity index (χ1n) is 11.1. The summed E-state index contributed by atoms with van der Waals surface area (Å²) in [6, 6.07) is 8.69. The van der Waals surface area contributed by atoms with Gasteiger partial charge < -0.3 is 25.2 Å². The van der Waals surface area contributed by atoms with Gasteiger partial charge in [-0.1, -0.05) is 45.9 Å². The Labute approximate surface area is 190 Å². The van der Waals surface area contributed by atoms with Gasteiger partial charge in [0.05, 0.1) is 11.6 Å². The molecule has 1 fully saturated rings. The lowest BCUT2D eigenvalue weighted by molar-refractivity contribution is -0.328. The van der Waals surface area contributed by atoms with Crippen LogP contribution in [0.5, 0.6) is 0 Å².